The number of nitrogens with one attached hydrogen (secondary N) is 2. The van der Waals surface area contributed by atoms with Gasteiger partial charge in [0.15, 0.2) is 0 Å². The number of amides is 1. The van der Waals surface area contributed by atoms with Crippen LogP contribution >= 0.6 is 0 Å². The van der Waals surface area contributed by atoms with Crippen molar-refractivity contribution in [2.24, 2.45) is 0 Å². The van der Waals surface area contributed by atoms with Crippen LogP contribution in [0.4, 0.5) is 5.69 Å². The second-order valence-corrected chi connectivity index (χ2v) is 3.74. The van der Waals surface area contributed by atoms with Crippen LogP contribution in [0.3, 0.4) is 0 Å². The lowest BCUT2D eigenvalue weighted by atomic mass is 10.1. The zero-order valence-corrected chi connectivity index (χ0v) is 9.99. The van der Waals surface area contributed by atoms with Crippen molar-refractivity contribution in [2.45, 2.75) is 19.3 Å². The van der Waals surface area contributed by atoms with Crippen LogP contribution in [0.15, 0.2) is 24.3 Å². The Hall–Kier alpha value is -2.02. The third kappa shape index (κ3) is 5.03. The number of hydrogen-bond acceptors (Lipinski definition) is 3. The number of benzene rings is 1. The summed E-state index contributed by atoms with van der Waals surface area (Å²) in [6, 6.07) is 9.88. The fraction of sp³-hybridized carbons (Fsp3) is 0.385. The molecule has 1 amide bonds. The summed E-state index contributed by atoms with van der Waals surface area (Å²) in [7, 11) is 1.64. The zero-order valence-electron chi connectivity index (χ0n) is 9.99. The first kappa shape index (κ1) is 13.0. The Morgan fingerprint density at radius 2 is 2.06 bits per heavy atom. The van der Waals surface area contributed by atoms with Gasteiger partial charge < -0.3 is 10.6 Å². The number of carbonyl (C=O) groups is 1. The van der Waals surface area contributed by atoms with Crippen LogP contribution in [-0.2, 0) is 11.2 Å². The van der Waals surface area contributed by atoms with Crippen molar-refractivity contribution in [1.29, 1.82) is 5.26 Å². The summed E-state index contributed by atoms with van der Waals surface area (Å²) in [5.74, 6) is 0.0659. The number of anilines is 1. The molecule has 0 heterocycles. The summed E-state index contributed by atoms with van der Waals surface area (Å²) >= 11 is 0. The highest BCUT2D eigenvalue weighted by molar-refractivity contribution is 5.75. The van der Waals surface area contributed by atoms with E-state index in [9.17, 15) is 4.79 Å². The van der Waals surface area contributed by atoms with E-state index in [0.29, 0.717) is 12.8 Å². The van der Waals surface area contributed by atoms with Crippen molar-refractivity contribution in [1.82, 2.24) is 5.32 Å². The van der Waals surface area contributed by atoms with Crippen molar-refractivity contribution in [2.75, 3.05) is 18.9 Å². The minimum atomic E-state index is 0.0659. The Morgan fingerprint density at radius 3 is 2.65 bits per heavy atom. The first-order valence-corrected chi connectivity index (χ1v) is 5.66. The lowest BCUT2D eigenvalue weighted by molar-refractivity contribution is -0.120. The van der Waals surface area contributed by atoms with Crippen molar-refractivity contribution >= 4 is 11.6 Å². The molecule has 0 spiro atoms. The Labute approximate surface area is 102 Å². The first-order valence-electron chi connectivity index (χ1n) is 5.66. The molecule has 0 aliphatic rings. The van der Waals surface area contributed by atoms with Crippen molar-refractivity contribution in [3.05, 3.63) is 29.8 Å². The smallest absolute Gasteiger partial charge is 0.219 e. The summed E-state index contributed by atoms with van der Waals surface area (Å²) in [5.41, 5.74) is 2.03. The molecule has 0 aromatic heterocycles. The van der Waals surface area contributed by atoms with Gasteiger partial charge in [-0.05, 0) is 24.1 Å². The van der Waals surface area contributed by atoms with Crippen molar-refractivity contribution in [3.63, 3.8) is 0 Å². The van der Waals surface area contributed by atoms with Gasteiger partial charge in [-0.2, -0.15) is 5.26 Å². The van der Waals surface area contributed by atoms with E-state index in [1.807, 2.05) is 24.3 Å². The molecule has 1 aromatic carbocycles. The standard InChI is InChI=1S/C13H17N3O/c1-15-13(17)3-2-10-16-12-6-4-11(5-7-12)8-9-14/h4-7,16H,2-3,8,10H2,1H3,(H,15,17). The predicted octanol–water partition coefficient (Wildman–Crippen LogP) is 1.69. The van der Waals surface area contributed by atoms with Crippen LogP contribution in [-0.4, -0.2) is 19.5 Å². The SMILES string of the molecule is CNC(=O)CCCNc1ccc(CC#N)cc1. The van der Waals surface area contributed by atoms with E-state index in [1.165, 1.54) is 0 Å². The minimum Gasteiger partial charge on any atom is -0.385 e. The zero-order chi connectivity index (χ0) is 12.5. The molecule has 4 nitrogen and oxygen atoms in total. The Kier molecular flexibility index (Phi) is 5.59. The second-order valence-electron chi connectivity index (χ2n) is 3.74. The Balaban J connectivity index is 2.28. The summed E-state index contributed by atoms with van der Waals surface area (Å²) in [4.78, 5) is 11.0. The first-order chi connectivity index (χ1) is 8.26. The average Bonchev–Trinajstić information content (AvgIpc) is 2.36. The maximum Gasteiger partial charge on any atom is 0.219 e. The van der Waals surface area contributed by atoms with Gasteiger partial charge in [-0.3, -0.25) is 4.79 Å². The van der Waals surface area contributed by atoms with Crippen LogP contribution in [0, 0.1) is 11.3 Å². The predicted molar refractivity (Wildman–Crippen MR) is 67.5 cm³/mol. The van der Waals surface area contributed by atoms with Crippen molar-refractivity contribution < 1.29 is 4.79 Å². The third-order valence-corrected chi connectivity index (χ3v) is 2.43. The van der Waals surface area contributed by atoms with Gasteiger partial charge in [0.1, 0.15) is 0 Å². The van der Waals surface area contributed by atoms with Crippen LogP contribution in [0.1, 0.15) is 18.4 Å². The minimum absolute atomic E-state index is 0.0659. The number of nitrogens with zero attached hydrogens (tertiary/aromatic N) is 1. The summed E-state index contributed by atoms with van der Waals surface area (Å²) in [5, 5.41) is 14.4. The summed E-state index contributed by atoms with van der Waals surface area (Å²) in [6.07, 6.45) is 1.78. The van der Waals surface area contributed by atoms with E-state index in [-0.39, 0.29) is 5.91 Å². The molecule has 0 fully saturated rings. The van der Waals surface area contributed by atoms with E-state index < -0.39 is 0 Å². The molecule has 0 radical (unpaired) electrons. The molecule has 0 saturated heterocycles. The van der Waals surface area contributed by atoms with E-state index >= 15 is 0 Å². The van der Waals surface area contributed by atoms with Gasteiger partial charge in [0.05, 0.1) is 12.5 Å². The molecule has 0 bridgehead atoms. The highest BCUT2D eigenvalue weighted by Gasteiger charge is 1.97. The van der Waals surface area contributed by atoms with Gasteiger partial charge in [0.25, 0.3) is 0 Å². The Bertz CT molecular complexity index is 392. The maximum absolute atomic E-state index is 11.0. The van der Waals surface area contributed by atoms with Crippen LogP contribution < -0.4 is 10.6 Å². The lowest BCUT2D eigenvalue weighted by Crippen LogP contribution is -2.18. The molecule has 4 heteroatoms. The molecule has 2 N–H and O–H groups in total. The fourth-order valence-electron chi connectivity index (χ4n) is 1.44. The topological polar surface area (TPSA) is 64.9 Å². The average molecular weight is 231 g/mol. The molecule has 1 aromatic rings. The van der Waals surface area contributed by atoms with E-state index in [1.54, 1.807) is 7.05 Å². The van der Waals surface area contributed by atoms with E-state index in [0.717, 1.165) is 24.2 Å². The highest BCUT2D eigenvalue weighted by atomic mass is 16.1. The Morgan fingerprint density at radius 1 is 1.35 bits per heavy atom. The molecule has 0 atom stereocenters. The van der Waals surface area contributed by atoms with Gasteiger partial charge in [-0.25, -0.2) is 0 Å². The molecule has 0 aliphatic heterocycles. The second kappa shape index (κ2) is 7.29. The quantitative estimate of drug-likeness (QED) is 0.732. The van der Waals surface area contributed by atoms with E-state index in [4.69, 9.17) is 5.26 Å². The van der Waals surface area contributed by atoms with Gasteiger partial charge in [0, 0.05) is 25.7 Å². The van der Waals surface area contributed by atoms with Crippen molar-refractivity contribution in [3.8, 4) is 6.07 Å². The van der Waals surface area contributed by atoms with Crippen LogP contribution in [0.5, 0.6) is 0 Å². The fourth-order valence-corrected chi connectivity index (χ4v) is 1.44. The van der Waals surface area contributed by atoms with Gasteiger partial charge in [-0.15, -0.1) is 0 Å². The molecule has 17 heavy (non-hydrogen) atoms. The summed E-state index contributed by atoms with van der Waals surface area (Å²) < 4.78 is 0. The summed E-state index contributed by atoms with van der Waals surface area (Å²) in [6.45, 7) is 0.769. The van der Waals surface area contributed by atoms with Gasteiger partial charge in [0.2, 0.25) is 5.91 Å². The molecule has 90 valence electrons. The van der Waals surface area contributed by atoms with Crippen LogP contribution in [0.25, 0.3) is 0 Å². The molecule has 0 aliphatic carbocycles. The van der Waals surface area contributed by atoms with Gasteiger partial charge >= 0.3 is 0 Å². The highest BCUT2D eigenvalue weighted by Crippen LogP contribution is 2.09. The molecular formula is C13H17N3O. The number of carbonyl (C=O) groups excluding carboxylic acids is 1. The molecule has 0 unspecified atom stereocenters. The number of nitriles is 1. The largest absolute Gasteiger partial charge is 0.385 e. The maximum atomic E-state index is 11.0. The molecule has 0 saturated carbocycles. The lowest BCUT2D eigenvalue weighted by Gasteiger charge is -2.06. The third-order valence-electron chi connectivity index (χ3n) is 2.43. The number of rotatable bonds is 6. The number of hydrogen-bond donors (Lipinski definition) is 2. The molecule has 1 rings (SSSR count). The molecular weight excluding hydrogens is 214 g/mol. The van der Waals surface area contributed by atoms with Crippen LogP contribution in [0.2, 0.25) is 0 Å². The van der Waals surface area contributed by atoms with E-state index in [2.05, 4.69) is 16.7 Å². The van der Waals surface area contributed by atoms with Gasteiger partial charge in [-0.1, -0.05) is 12.1 Å². The monoisotopic (exact) mass is 231 g/mol. The normalized spacial score (nSPS) is 9.41.